The Kier molecular flexibility index (Phi) is 7.67. The molecule has 0 unspecified atom stereocenters. The van der Waals surface area contributed by atoms with Gasteiger partial charge >= 0.3 is 6.09 Å². The maximum atomic E-state index is 12.9. The fourth-order valence-electron chi connectivity index (χ4n) is 5.12. The summed E-state index contributed by atoms with van der Waals surface area (Å²) in [6.07, 6.45) is 0.269. The molecule has 0 N–H and O–H groups in total. The first kappa shape index (κ1) is 25.5. The van der Waals surface area contributed by atoms with E-state index < -0.39 is 0 Å². The van der Waals surface area contributed by atoms with Gasteiger partial charge in [0.1, 0.15) is 6.10 Å². The maximum absolute atomic E-state index is 12.9. The molecule has 1 aliphatic heterocycles. The Morgan fingerprint density at radius 3 is 1.86 bits per heavy atom. The number of amides is 1. The van der Waals surface area contributed by atoms with Gasteiger partial charge in [-0.05, 0) is 45.2 Å². The molecule has 4 nitrogen and oxygen atoms in total. The van der Waals surface area contributed by atoms with Crippen molar-refractivity contribution in [3.63, 3.8) is 0 Å². The summed E-state index contributed by atoms with van der Waals surface area (Å²) in [7, 11) is 4.42. The van der Waals surface area contributed by atoms with Gasteiger partial charge in [0, 0.05) is 6.42 Å². The van der Waals surface area contributed by atoms with Crippen molar-refractivity contribution in [2.45, 2.75) is 19.4 Å². The predicted octanol–water partition coefficient (Wildman–Crippen LogP) is 3.12. The van der Waals surface area contributed by atoms with Gasteiger partial charge in [0.05, 0.1) is 40.3 Å². The van der Waals surface area contributed by atoms with E-state index in [1.165, 1.54) is 38.2 Å². The third kappa shape index (κ3) is 5.31. The van der Waals surface area contributed by atoms with Gasteiger partial charge in [0.25, 0.3) is 0 Å². The van der Waals surface area contributed by atoms with Gasteiger partial charge in [0.2, 0.25) is 0 Å². The van der Waals surface area contributed by atoms with Crippen LogP contribution in [-0.2, 0) is 11.2 Å². The number of hydrogen-bond acceptors (Lipinski definition) is 2. The molecule has 182 valence electrons. The van der Waals surface area contributed by atoms with Crippen molar-refractivity contribution in [2.75, 3.05) is 40.3 Å². The molecule has 1 heterocycles. The Hall–Kier alpha value is -2.64. The molecule has 0 aromatic heterocycles. The molecule has 5 rings (SSSR count). The predicted molar refractivity (Wildman–Crippen MR) is 140 cm³/mol. The monoisotopic (exact) mass is 580 g/mol. The third-order valence-corrected chi connectivity index (χ3v) is 7.11. The van der Waals surface area contributed by atoms with E-state index in [4.69, 9.17) is 4.74 Å². The second-order valence-electron chi connectivity index (χ2n) is 10.1. The second-order valence-corrected chi connectivity index (χ2v) is 10.1. The number of fused-ring (bicyclic) bond motifs is 2. The minimum absolute atomic E-state index is 0. The summed E-state index contributed by atoms with van der Waals surface area (Å²) >= 11 is 0. The molecule has 0 saturated carbocycles. The van der Waals surface area contributed by atoms with Crippen LogP contribution in [0, 0.1) is 0 Å². The number of carbonyl (C=O) groups excluding carboxylic acids is 1. The Bertz CT molecular complexity index is 1270. The quantitative estimate of drug-likeness (QED) is 0.211. The first-order chi connectivity index (χ1) is 16.4. The zero-order chi connectivity index (χ0) is 23.7. The molecule has 1 saturated heterocycles. The van der Waals surface area contributed by atoms with Crippen LogP contribution in [0.3, 0.4) is 0 Å². The highest BCUT2D eigenvalue weighted by Gasteiger charge is 2.29. The molecule has 0 spiro atoms. The van der Waals surface area contributed by atoms with E-state index in [9.17, 15) is 4.79 Å². The SMILES string of the molecule is C[C@H](Cc1c2ccccc2c(-c2ccccc2)c2ccccc12)OC(=O)N1CC[N+](C)(C)CC1.[I-]. The molecule has 4 aromatic rings. The zero-order valence-electron chi connectivity index (χ0n) is 20.7. The molecule has 1 fully saturated rings. The molecule has 0 aliphatic carbocycles. The van der Waals surface area contributed by atoms with E-state index in [1.54, 1.807) is 0 Å². The Balaban J connectivity index is 0.00000289. The lowest BCUT2D eigenvalue weighted by molar-refractivity contribution is -0.894. The molecule has 1 aliphatic rings. The minimum atomic E-state index is -0.216. The van der Waals surface area contributed by atoms with Gasteiger partial charge < -0.3 is 33.2 Å². The van der Waals surface area contributed by atoms with Crippen molar-refractivity contribution in [1.82, 2.24) is 4.90 Å². The fraction of sp³-hybridized carbons (Fsp3) is 0.300. The molecular formula is C30H33IN2O2. The van der Waals surface area contributed by atoms with Crippen molar-refractivity contribution < 1.29 is 38.0 Å². The fourth-order valence-corrected chi connectivity index (χ4v) is 5.12. The summed E-state index contributed by atoms with van der Waals surface area (Å²) in [5, 5.41) is 4.91. The van der Waals surface area contributed by atoms with E-state index >= 15 is 0 Å². The van der Waals surface area contributed by atoms with Gasteiger partial charge in [-0.25, -0.2) is 4.79 Å². The number of piperazine rings is 1. The molecule has 1 amide bonds. The highest BCUT2D eigenvalue weighted by molar-refractivity contribution is 6.15. The number of nitrogens with zero attached hydrogens (tertiary/aromatic N) is 2. The number of halogens is 1. The van der Waals surface area contributed by atoms with Gasteiger partial charge in [-0.1, -0.05) is 78.9 Å². The van der Waals surface area contributed by atoms with Gasteiger partial charge in [-0.3, -0.25) is 4.90 Å². The Morgan fingerprint density at radius 1 is 0.829 bits per heavy atom. The summed E-state index contributed by atoms with van der Waals surface area (Å²) in [5.74, 6) is 0. The third-order valence-electron chi connectivity index (χ3n) is 7.11. The van der Waals surface area contributed by atoms with Crippen LogP contribution in [0.5, 0.6) is 0 Å². The van der Waals surface area contributed by atoms with Crippen LogP contribution < -0.4 is 24.0 Å². The Morgan fingerprint density at radius 2 is 1.31 bits per heavy atom. The number of ether oxygens (including phenoxy) is 1. The first-order valence-corrected chi connectivity index (χ1v) is 12.2. The number of carbonyl (C=O) groups is 1. The van der Waals surface area contributed by atoms with Crippen molar-refractivity contribution in [3.05, 3.63) is 84.4 Å². The average Bonchev–Trinajstić information content (AvgIpc) is 2.84. The van der Waals surface area contributed by atoms with E-state index in [-0.39, 0.29) is 36.2 Å². The number of benzene rings is 4. The topological polar surface area (TPSA) is 29.5 Å². The van der Waals surface area contributed by atoms with Crippen molar-refractivity contribution >= 4 is 27.6 Å². The van der Waals surface area contributed by atoms with Crippen LogP contribution >= 0.6 is 0 Å². The molecule has 4 aromatic carbocycles. The van der Waals surface area contributed by atoms with Crippen LogP contribution in [0.2, 0.25) is 0 Å². The van der Waals surface area contributed by atoms with Crippen molar-refractivity contribution in [3.8, 4) is 11.1 Å². The lowest BCUT2D eigenvalue weighted by Crippen LogP contribution is -3.00. The average molecular weight is 581 g/mol. The number of rotatable bonds is 4. The molecule has 0 bridgehead atoms. The van der Waals surface area contributed by atoms with Crippen LogP contribution in [0.4, 0.5) is 4.79 Å². The molecule has 5 heteroatoms. The van der Waals surface area contributed by atoms with Gasteiger partial charge in [-0.15, -0.1) is 0 Å². The molecule has 1 atom stereocenters. The van der Waals surface area contributed by atoms with Crippen LogP contribution in [0.15, 0.2) is 78.9 Å². The van der Waals surface area contributed by atoms with Gasteiger partial charge in [0.15, 0.2) is 0 Å². The number of quaternary nitrogens is 1. The smallest absolute Gasteiger partial charge is 0.410 e. The molecular weight excluding hydrogens is 547 g/mol. The van der Waals surface area contributed by atoms with Crippen LogP contribution in [-0.4, -0.2) is 61.9 Å². The number of hydrogen-bond donors (Lipinski definition) is 0. The highest BCUT2D eigenvalue weighted by atomic mass is 127. The second kappa shape index (κ2) is 10.5. The number of likely N-dealkylation sites (N-methyl/N-ethyl adjacent to an activating group) is 1. The van der Waals surface area contributed by atoms with Crippen molar-refractivity contribution in [1.29, 1.82) is 0 Å². The molecule has 0 radical (unpaired) electrons. The minimum Gasteiger partial charge on any atom is -1.00 e. The lowest BCUT2D eigenvalue weighted by atomic mass is 9.87. The Labute approximate surface area is 225 Å². The largest absolute Gasteiger partial charge is 1.00 e. The van der Waals surface area contributed by atoms with E-state index in [2.05, 4.69) is 93.0 Å². The normalized spacial score (nSPS) is 16.0. The van der Waals surface area contributed by atoms with E-state index in [1.807, 2.05) is 11.8 Å². The first-order valence-electron chi connectivity index (χ1n) is 12.2. The lowest BCUT2D eigenvalue weighted by Gasteiger charge is -2.38. The molecule has 35 heavy (non-hydrogen) atoms. The summed E-state index contributed by atoms with van der Waals surface area (Å²) in [6.45, 7) is 5.42. The summed E-state index contributed by atoms with van der Waals surface area (Å²) in [4.78, 5) is 14.7. The standard InChI is InChI=1S/C30H33N2O2.HI/c1-22(34-30(33)31-17-19-32(2,3)20-18-31)21-28-24-13-7-9-15-26(24)29(23-11-5-4-6-12-23)27-16-10-8-14-25(27)28;/h4-16,22H,17-21H2,1-3H3;1H/q+1;/p-1/t22-;/m1./s1. The maximum Gasteiger partial charge on any atom is 0.410 e. The zero-order valence-corrected chi connectivity index (χ0v) is 22.9. The van der Waals surface area contributed by atoms with Crippen molar-refractivity contribution in [2.24, 2.45) is 0 Å². The van der Waals surface area contributed by atoms with Gasteiger partial charge in [-0.2, -0.15) is 0 Å². The van der Waals surface area contributed by atoms with E-state index in [0.717, 1.165) is 30.7 Å². The highest BCUT2D eigenvalue weighted by Crippen LogP contribution is 2.39. The summed E-state index contributed by atoms with van der Waals surface area (Å²) < 4.78 is 6.90. The summed E-state index contributed by atoms with van der Waals surface area (Å²) in [6, 6.07) is 27.8. The van der Waals surface area contributed by atoms with Crippen LogP contribution in [0.1, 0.15) is 12.5 Å². The van der Waals surface area contributed by atoms with Crippen LogP contribution in [0.25, 0.3) is 32.7 Å². The summed E-state index contributed by atoms with van der Waals surface area (Å²) in [5.41, 5.74) is 3.71. The van der Waals surface area contributed by atoms with E-state index in [0.29, 0.717) is 6.42 Å².